The summed E-state index contributed by atoms with van der Waals surface area (Å²) in [7, 11) is 2.07. The average Bonchev–Trinajstić information content (AvgIpc) is 3.35. The lowest BCUT2D eigenvalue weighted by Gasteiger charge is -2.35. The summed E-state index contributed by atoms with van der Waals surface area (Å²) in [4.78, 5) is 15.7. The van der Waals surface area contributed by atoms with E-state index in [0.717, 1.165) is 32.2 Å². The minimum absolute atomic E-state index is 0.0604. The van der Waals surface area contributed by atoms with E-state index in [-0.39, 0.29) is 56.1 Å². The topological polar surface area (TPSA) is 71.4 Å². The molecule has 6 rings (SSSR count). The van der Waals surface area contributed by atoms with Crippen LogP contribution in [0.4, 0.5) is 13.2 Å². The highest BCUT2D eigenvalue weighted by Gasteiger charge is 2.39. The van der Waals surface area contributed by atoms with Crippen LogP contribution in [-0.2, 0) is 0 Å². The molecule has 1 unspecified atom stereocenters. The van der Waals surface area contributed by atoms with Gasteiger partial charge in [0.2, 0.25) is 0 Å². The molecule has 9 heteroatoms. The Kier molecular flexibility index (Phi) is 7.40. The maximum atomic E-state index is 16.6. The third-order valence-electron chi connectivity index (χ3n) is 8.34. The van der Waals surface area contributed by atoms with Gasteiger partial charge in [-0.25, -0.2) is 13.2 Å². The Morgan fingerprint density at radius 3 is 2.65 bits per heavy atom. The van der Waals surface area contributed by atoms with Crippen LogP contribution in [0.15, 0.2) is 54.7 Å². The van der Waals surface area contributed by atoms with Gasteiger partial charge < -0.3 is 9.84 Å². The van der Waals surface area contributed by atoms with Crippen molar-refractivity contribution in [2.45, 2.75) is 38.1 Å². The van der Waals surface area contributed by atoms with Gasteiger partial charge in [0.1, 0.15) is 35.2 Å². The molecule has 5 aromatic rings. The predicted molar refractivity (Wildman–Crippen MR) is 160 cm³/mol. The monoisotopic (exact) mass is 582 g/mol. The van der Waals surface area contributed by atoms with Gasteiger partial charge in [-0.15, -0.1) is 6.42 Å². The number of halogens is 3. The number of hydrogen-bond donors (Lipinski definition) is 1. The predicted octanol–water partition coefficient (Wildman–Crippen LogP) is 7.26. The first kappa shape index (κ1) is 28.4. The number of aromatic nitrogens is 3. The van der Waals surface area contributed by atoms with E-state index in [1.165, 1.54) is 48.7 Å². The zero-order valence-electron chi connectivity index (χ0n) is 23.8. The molecule has 2 aromatic heterocycles. The summed E-state index contributed by atoms with van der Waals surface area (Å²) in [5.74, 6) is 0.175. The molecule has 1 aliphatic rings. The first-order chi connectivity index (χ1) is 20.7. The Labute approximate surface area is 247 Å². The van der Waals surface area contributed by atoms with Gasteiger partial charge in [0.25, 0.3) is 0 Å². The molecular formula is C34H29F3N4O2. The van der Waals surface area contributed by atoms with E-state index in [9.17, 15) is 13.9 Å². The van der Waals surface area contributed by atoms with Crippen molar-refractivity contribution < 1.29 is 23.0 Å². The maximum absolute atomic E-state index is 16.6. The van der Waals surface area contributed by atoms with Gasteiger partial charge in [0.05, 0.1) is 16.8 Å². The Morgan fingerprint density at radius 1 is 1.09 bits per heavy atom. The fourth-order valence-corrected chi connectivity index (χ4v) is 6.21. The molecule has 1 aliphatic heterocycles. The third-order valence-corrected chi connectivity index (χ3v) is 8.34. The number of terminal acetylenes is 1. The van der Waals surface area contributed by atoms with Gasteiger partial charge >= 0.3 is 6.01 Å². The minimum Gasteiger partial charge on any atom is -0.508 e. The van der Waals surface area contributed by atoms with Crippen LogP contribution in [0.5, 0.6) is 11.8 Å². The van der Waals surface area contributed by atoms with Crippen LogP contribution in [0.1, 0.15) is 38.2 Å². The third kappa shape index (κ3) is 5.02. The van der Waals surface area contributed by atoms with Crippen LogP contribution >= 0.6 is 0 Å². The fourth-order valence-electron chi connectivity index (χ4n) is 6.21. The standard InChI is InChI=1S/C34H29F3N4O2/c1-4-12-34(13-7-14-41(34)3)19-43-33-39-30(21-8-6-9-22(35)15-21)26-18-38-31(29(37)32(26)40-33)25-17-23(42)16-20-10-11-27(36)24(5-2)28(20)25/h2,6,8-11,15-18,42H,4,7,12-14,19H2,1,3H3. The van der Waals surface area contributed by atoms with Crippen LogP contribution in [0.2, 0.25) is 0 Å². The van der Waals surface area contributed by atoms with Crippen LogP contribution < -0.4 is 4.74 Å². The molecule has 0 radical (unpaired) electrons. The lowest BCUT2D eigenvalue weighted by Crippen LogP contribution is -2.46. The van der Waals surface area contributed by atoms with Gasteiger partial charge in [0.15, 0.2) is 5.82 Å². The summed E-state index contributed by atoms with van der Waals surface area (Å²) in [6.07, 6.45) is 10.9. The van der Waals surface area contributed by atoms with Crippen molar-refractivity contribution in [3.8, 4) is 46.6 Å². The van der Waals surface area contributed by atoms with Crippen molar-refractivity contribution in [1.29, 1.82) is 0 Å². The van der Waals surface area contributed by atoms with Gasteiger partial charge in [0, 0.05) is 28.1 Å². The Hall–Kier alpha value is -4.68. The summed E-state index contributed by atoms with van der Waals surface area (Å²) in [5, 5.41) is 11.3. The van der Waals surface area contributed by atoms with E-state index in [0.29, 0.717) is 17.6 Å². The molecule has 3 aromatic carbocycles. The Bertz CT molecular complexity index is 1920. The molecule has 0 aliphatic carbocycles. The molecule has 43 heavy (non-hydrogen) atoms. The average molecular weight is 583 g/mol. The van der Waals surface area contributed by atoms with Crippen molar-refractivity contribution in [1.82, 2.24) is 19.9 Å². The van der Waals surface area contributed by atoms with E-state index in [1.807, 2.05) is 0 Å². The first-order valence-electron chi connectivity index (χ1n) is 14.1. The van der Waals surface area contributed by atoms with Crippen molar-refractivity contribution in [3.05, 3.63) is 77.7 Å². The van der Waals surface area contributed by atoms with Gasteiger partial charge in [-0.3, -0.25) is 9.88 Å². The van der Waals surface area contributed by atoms with Gasteiger partial charge in [-0.05, 0) is 68.6 Å². The smallest absolute Gasteiger partial charge is 0.317 e. The number of ether oxygens (including phenoxy) is 1. The van der Waals surface area contributed by atoms with Crippen molar-refractivity contribution in [2.75, 3.05) is 20.2 Å². The van der Waals surface area contributed by atoms with Gasteiger partial charge in [-0.2, -0.15) is 9.97 Å². The quantitative estimate of drug-likeness (QED) is 0.204. The molecule has 218 valence electrons. The molecule has 1 saturated heterocycles. The first-order valence-corrected chi connectivity index (χ1v) is 14.1. The number of pyridine rings is 1. The van der Waals surface area contributed by atoms with Crippen molar-refractivity contribution in [2.24, 2.45) is 0 Å². The highest BCUT2D eigenvalue weighted by Crippen LogP contribution is 2.39. The van der Waals surface area contributed by atoms with E-state index in [4.69, 9.17) is 11.2 Å². The SMILES string of the molecule is C#Cc1c(F)ccc2cc(O)cc(-c3ncc4c(-c5cccc(F)c5)nc(OCC5(CCC)CCCN5C)nc4c3F)c12. The zero-order valence-corrected chi connectivity index (χ0v) is 23.8. The van der Waals surface area contributed by atoms with Crippen LogP contribution in [0.3, 0.4) is 0 Å². The highest BCUT2D eigenvalue weighted by molar-refractivity contribution is 6.03. The van der Waals surface area contributed by atoms with E-state index < -0.39 is 17.5 Å². The van der Waals surface area contributed by atoms with E-state index in [1.54, 1.807) is 6.07 Å². The summed E-state index contributed by atoms with van der Waals surface area (Å²) < 4.78 is 51.8. The normalized spacial score (nSPS) is 17.0. The number of rotatable bonds is 7. The second-order valence-corrected chi connectivity index (χ2v) is 11.0. The number of likely N-dealkylation sites (N-methyl/N-ethyl adjacent to an activating group) is 1. The molecule has 0 amide bonds. The lowest BCUT2D eigenvalue weighted by atomic mass is 9.92. The Balaban J connectivity index is 1.56. The largest absolute Gasteiger partial charge is 0.508 e. The second-order valence-electron chi connectivity index (χ2n) is 11.0. The highest BCUT2D eigenvalue weighted by atomic mass is 19.1. The number of nitrogens with zero attached hydrogens (tertiary/aromatic N) is 4. The summed E-state index contributed by atoms with van der Waals surface area (Å²) in [6, 6.07) is 11.1. The van der Waals surface area contributed by atoms with E-state index >= 15 is 4.39 Å². The number of benzene rings is 3. The number of phenolic OH excluding ortho intramolecular Hbond substituents is 1. The summed E-state index contributed by atoms with van der Waals surface area (Å²) in [6.45, 7) is 3.36. The second kappa shape index (κ2) is 11.2. The lowest BCUT2D eigenvalue weighted by molar-refractivity contribution is 0.0828. The molecule has 0 bridgehead atoms. The molecule has 1 atom stereocenters. The number of fused-ring (bicyclic) bond motifs is 2. The molecule has 3 heterocycles. The number of aromatic hydroxyl groups is 1. The zero-order chi connectivity index (χ0) is 30.3. The molecule has 6 nitrogen and oxygen atoms in total. The summed E-state index contributed by atoms with van der Waals surface area (Å²) >= 11 is 0. The van der Waals surface area contributed by atoms with E-state index in [2.05, 4.69) is 39.7 Å². The van der Waals surface area contributed by atoms with Crippen LogP contribution in [0.25, 0.3) is 44.2 Å². The Morgan fingerprint density at radius 2 is 1.93 bits per heavy atom. The van der Waals surface area contributed by atoms with Gasteiger partial charge in [-0.1, -0.05) is 37.5 Å². The van der Waals surface area contributed by atoms with Crippen molar-refractivity contribution >= 4 is 21.7 Å². The van der Waals surface area contributed by atoms with Crippen molar-refractivity contribution in [3.63, 3.8) is 0 Å². The molecule has 1 fully saturated rings. The molecule has 0 spiro atoms. The number of hydrogen-bond acceptors (Lipinski definition) is 6. The summed E-state index contributed by atoms with van der Waals surface area (Å²) in [5.41, 5.74) is 0.152. The fraction of sp³-hybridized carbons (Fsp3) is 0.265. The van der Waals surface area contributed by atoms with Crippen LogP contribution in [0, 0.1) is 29.8 Å². The minimum atomic E-state index is -0.845. The number of phenols is 1. The number of likely N-dealkylation sites (tertiary alicyclic amines) is 1. The molecule has 0 saturated carbocycles. The molecular weight excluding hydrogens is 553 g/mol. The molecule has 1 N–H and O–H groups in total. The maximum Gasteiger partial charge on any atom is 0.317 e. The van der Waals surface area contributed by atoms with Crippen LogP contribution in [-0.4, -0.2) is 50.7 Å².